The summed E-state index contributed by atoms with van der Waals surface area (Å²) in [5.74, 6) is 0.0782. The molecule has 1 amide bonds. The second kappa shape index (κ2) is 11.7. The normalized spacial score (nSPS) is 18.5. The molecule has 1 saturated heterocycles. The summed E-state index contributed by atoms with van der Waals surface area (Å²) in [5.41, 5.74) is 1.61. The first kappa shape index (κ1) is 26.4. The number of pyridine rings is 1. The Kier molecular flexibility index (Phi) is 8.15. The van der Waals surface area contributed by atoms with Crippen molar-refractivity contribution in [3.63, 3.8) is 0 Å². The van der Waals surface area contributed by atoms with Crippen LogP contribution in [0.15, 0.2) is 36.9 Å². The summed E-state index contributed by atoms with van der Waals surface area (Å²) < 4.78 is 33.0. The molecule has 0 bridgehead atoms. The standard InChI is InChI=1S/C25H31N7O4S2/c1-2-36-23-15-26-13-21(30-23)22-14-29-25(37-22)24(33)31-20(11-16-5-3-4-9-27-16)19-12-17(8-10-28-19)32-38(34,35)18-6-7-18/h8,10,12-16,18,20,27H,2-7,9,11H2,1H3,(H,28,32)(H,31,33)/t16?,20-/m0/s1. The summed E-state index contributed by atoms with van der Waals surface area (Å²) in [7, 11) is -3.41. The first-order valence-electron chi connectivity index (χ1n) is 12.8. The van der Waals surface area contributed by atoms with Crippen LogP contribution in [0, 0.1) is 0 Å². The van der Waals surface area contributed by atoms with Gasteiger partial charge < -0.3 is 15.4 Å². The van der Waals surface area contributed by atoms with Crippen LogP contribution in [0.4, 0.5) is 5.69 Å². The van der Waals surface area contributed by atoms with Crippen molar-refractivity contribution >= 4 is 33.0 Å². The minimum Gasteiger partial charge on any atom is -0.477 e. The van der Waals surface area contributed by atoms with Crippen LogP contribution in [0.2, 0.25) is 0 Å². The molecule has 38 heavy (non-hydrogen) atoms. The summed E-state index contributed by atoms with van der Waals surface area (Å²) >= 11 is 1.22. The van der Waals surface area contributed by atoms with Gasteiger partial charge >= 0.3 is 0 Å². The molecule has 11 nitrogen and oxygen atoms in total. The summed E-state index contributed by atoms with van der Waals surface area (Å²) in [4.78, 5) is 31.4. The van der Waals surface area contributed by atoms with Crippen LogP contribution in [0.3, 0.4) is 0 Å². The van der Waals surface area contributed by atoms with Crippen molar-refractivity contribution in [2.24, 2.45) is 0 Å². The number of carbonyl (C=O) groups is 1. The lowest BCUT2D eigenvalue weighted by atomic mass is 9.96. The van der Waals surface area contributed by atoms with E-state index in [4.69, 9.17) is 4.74 Å². The molecule has 1 aliphatic carbocycles. The molecule has 0 radical (unpaired) electrons. The zero-order chi connectivity index (χ0) is 26.5. The first-order valence-corrected chi connectivity index (χ1v) is 15.2. The fourth-order valence-electron chi connectivity index (χ4n) is 4.39. The van der Waals surface area contributed by atoms with E-state index in [2.05, 4.69) is 35.3 Å². The number of rotatable bonds is 11. The predicted molar refractivity (Wildman–Crippen MR) is 145 cm³/mol. The topological polar surface area (TPSA) is 148 Å². The molecule has 4 heterocycles. The van der Waals surface area contributed by atoms with Crippen LogP contribution in [0.25, 0.3) is 10.6 Å². The van der Waals surface area contributed by atoms with Crippen molar-refractivity contribution in [3.05, 3.63) is 47.6 Å². The van der Waals surface area contributed by atoms with Gasteiger partial charge in [-0.25, -0.2) is 18.4 Å². The summed E-state index contributed by atoms with van der Waals surface area (Å²) in [5, 5.41) is 6.56. The van der Waals surface area contributed by atoms with Crippen molar-refractivity contribution < 1.29 is 17.9 Å². The number of hydrogen-bond acceptors (Lipinski definition) is 10. The highest BCUT2D eigenvalue weighted by Gasteiger charge is 2.36. The maximum absolute atomic E-state index is 13.3. The number of anilines is 1. The molecule has 5 rings (SSSR count). The van der Waals surface area contributed by atoms with E-state index in [0.29, 0.717) is 53.7 Å². The second-order valence-corrected chi connectivity index (χ2v) is 12.4. The molecule has 1 saturated carbocycles. The Morgan fingerprint density at radius 1 is 1.21 bits per heavy atom. The van der Waals surface area contributed by atoms with Gasteiger partial charge in [0, 0.05) is 18.4 Å². The van der Waals surface area contributed by atoms with Gasteiger partial charge in [0.25, 0.3) is 5.91 Å². The van der Waals surface area contributed by atoms with Gasteiger partial charge in [-0.2, -0.15) is 0 Å². The predicted octanol–water partition coefficient (Wildman–Crippen LogP) is 3.30. The van der Waals surface area contributed by atoms with Crippen molar-refractivity contribution in [3.8, 4) is 16.5 Å². The molecule has 2 aliphatic rings. The number of amides is 1. The van der Waals surface area contributed by atoms with Crippen molar-refractivity contribution in [1.29, 1.82) is 0 Å². The number of carbonyl (C=O) groups excluding carboxylic acids is 1. The summed E-state index contributed by atoms with van der Waals surface area (Å²) in [6.45, 7) is 3.27. The van der Waals surface area contributed by atoms with Crippen LogP contribution < -0.4 is 20.1 Å². The average Bonchev–Trinajstić information content (AvgIpc) is 3.67. The molecule has 0 spiro atoms. The van der Waals surface area contributed by atoms with Crippen LogP contribution in [-0.4, -0.2) is 58.7 Å². The lowest BCUT2D eigenvalue weighted by Gasteiger charge is -2.28. The Bertz CT molecular complexity index is 1370. The Labute approximate surface area is 225 Å². The fourth-order valence-corrected chi connectivity index (χ4v) is 6.55. The van der Waals surface area contributed by atoms with Gasteiger partial charge in [-0.15, -0.1) is 11.3 Å². The van der Waals surface area contributed by atoms with Crippen LogP contribution in [0.1, 0.15) is 67.0 Å². The third kappa shape index (κ3) is 6.63. The molecular weight excluding hydrogens is 526 g/mol. The Hall–Kier alpha value is -3.16. The minimum absolute atomic E-state index is 0.214. The molecule has 1 aliphatic heterocycles. The highest BCUT2D eigenvalue weighted by atomic mass is 32.2. The van der Waals surface area contributed by atoms with Crippen molar-refractivity contribution in [2.45, 2.75) is 62.8 Å². The molecule has 202 valence electrons. The molecule has 2 atom stereocenters. The van der Waals surface area contributed by atoms with E-state index < -0.39 is 16.1 Å². The van der Waals surface area contributed by atoms with E-state index >= 15 is 0 Å². The number of nitrogens with one attached hydrogen (secondary N) is 3. The van der Waals surface area contributed by atoms with Crippen molar-refractivity contribution in [2.75, 3.05) is 17.9 Å². The lowest BCUT2D eigenvalue weighted by molar-refractivity contribution is 0.0929. The van der Waals surface area contributed by atoms with Gasteiger partial charge in [-0.1, -0.05) is 6.42 Å². The summed E-state index contributed by atoms with van der Waals surface area (Å²) in [6, 6.07) is 3.12. The maximum Gasteiger partial charge on any atom is 0.280 e. The zero-order valence-electron chi connectivity index (χ0n) is 21.1. The zero-order valence-corrected chi connectivity index (χ0v) is 22.7. The molecular formula is C25H31N7O4S2. The van der Waals surface area contributed by atoms with Crippen molar-refractivity contribution in [1.82, 2.24) is 30.6 Å². The molecule has 2 fully saturated rings. The Morgan fingerprint density at radius 3 is 2.84 bits per heavy atom. The number of ether oxygens (including phenoxy) is 1. The number of piperidine rings is 1. The molecule has 13 heteroatoms. The minimum atomic E-state index is -3.41. The first-order chi connectivity index (χ1) is 18.4. The van der Waals surface area contributed by atoms with E-state index in [1.807, 2.05) is 6.92 Å². The van der Waals surface area contributed by atoms with E-state index in [1.54, 1.807) is 30.7 Å². The van der Waals surface area contributed by atoms with Crippen LogP contribution in [0.5, 0.6) is 5.88 Å². The van der Waals surface area contributed by atoms with Crippen LogP contribution in [-0.2, 0) is 10.0 Å². The number of nitrogens with zero attached hydrogens (tertiary/aromatic N) is 4. The van der Waals surface area contributed by atoms with Crippen LogP contribution >= 0.6 is 11.3 Å². The molecule has 3 aromatic rings. The van der Waals surface area contributed by atoms with Gasteiger partial charge in [0.2, 0.25) is 15.9 Å². The molecule has 0 aromatic carbocycles. The highest BCUT2D eigenvalue weighted by molar-refractivity contribution is 7.93. The molecule has 1 unspecified atom stereocenters. The monoisotopic (exact) mass is 557 g/mol. The largest absolute Gasteiger partial charge is 0.477 e. The third-order valence-corrected chi connectivity index (χ3v) is 9.34. The highest BCUT2D eigenvalue weighted by Crippen LogP contribution is 2.31. The number of thiazole rings is 1. The fraction of sp³-hybridized carbons (Fsp3) is 0.480. The second-order valence-electron chi connectivity index (χ2n) is 9.43. The Morgan fingerprint density at radius 2 is 2.08 bits per heavy atom. The number of aromatic nitrogens is 4. The average molecular weight is 558 g/mol. The van der Waals surface area contributed by atoms with E-state index in [1.165, 1.54) is 17.5 Å². The quantitative estimate of drug-likeness (QED) is 0.323. The molecule has 3 N–H and O–H groups in total. The van der Waals surface area contributed by atoms with E-state index in [0.717, 1.165) is 25.8 Å². The SMILES string of the molecule is CCOc1cncc(-c2cnc(C(=O)N[C@@H](CC3CCCCN3)c3cc(NS(=O)(=O)C4CC4)ccn3)s2)n1. The molecule has 3 aromatic heterocycles. The van der Waals surface area contributed by atoms with E-state index in [-0.39, 0.29) is 22.2 Å². The van der Waals surface area contributed by atoms with Gasteiger partial charge in [-0.3, -0.25) is 19.5 Å². The van der Waals surface area contributed by atoms with Gasteiger partial charge in [0.1, 0.15) is 5.69 Å². The number of hydrogen-bond donors (Lipinski definition) is 3. The van der Waals surface area contributed by atoms with Gasteiger partial charge in [0.05, 0.1) is 46.6 Å². The maximum atomic E-state index is 13.3. The lowest BCUT2D eigenvalue weighted by Crippen LogP contribution is -2.39. The number of sulfonamides is 1. The summed E-state index contributed by atoms with van der Waals surface area (Å²) in [6.07, 6.45) is 11.5. The Balaban J connectivity index is 1.35. The smallest absolute Gasteiger partial charge is 0.280 e. The third-order valence-electron chi connectivity index (χ3n) is 6.46. The van der Waals surface area contributed by atoms with Gasteiger partial charge in [-0.05, 0) is 57.7 Å². The van der Waals surface area contributed by atoms with E-state index in [9.17, 15) is 13.2 Å². The van der Waals surface area contributed by atoms with Gasteiger partial charge in [0.15, 0.2) is 5.01 Å².